The van der Waals surface area contributed by atoms with Crippen molar-refractivity contribution in [3.8, 4) is 0 Å². The van der Waals surface area contributed by atoms with Gasteiger partial charge in [-0.05, 0) is 18.1 Å². The summed E-state index contributed by atoms with van der Waals surface area (Å²) >= 11 is 0. The van der Waals surface area contributed by atoms with Gasteiger partial charge in [-0.3, -0.25) is 0 Å². The maximum atomic E-state index is 11.9. The summed E-state index contributed by atoms with van der Waals surface area (Å²) in [6.45, 7) is 3.66. The fourth-order valence-electron chi connectivity index (χ4n) is 2.09. The van der Waals surface area contributed by atoms with Crippen molar-refractivity contribution in [1.29, 1.82) is 0 Å². The van der Waals surface area contributed by atoms with E-state index in [4.69, 9.17) is 9.47 Å². The molecular formula is C15H21NO3. The second-order valence-corrected chi connectivity index (χ2v) is 4.69. The number of nitrogens with one attached hydrogen (secondary N) is 1. The second kappa shape index (κ2) is 7.14. The molecule has 0 saturated heterocycles. The summed E-state index contributed by atoms with van der Waals surface area (Å²) in [4.78, 5) is 11.9. The molecule has 0 bridgehead atoms. The maximum Gasteiger partial charge on any atom is 0.328 e. The predicted molar refractivity (Wildman–Crippen MR) is 74.2 cm³/mol. The van der Waals surface area contributed by atoms with Crippen LogP contribution in [0.25, 0.3) is 0 Å². The van der Waals surface area contributed by atoms with Gasteiger partial charge in [0.25, 0.3) is 0 Å². The van der Waals surface area contributed by atoms with Gasteiger partial charge < -0.3 is 14.8 Å². The van der Waals surface area contributed by atoms with E-state index in [0.717, 1.165) is 25.1 Å². The SMILES string of the molecule is CCCCOCCOC(=O)C1Cc2ccccc2N1. The number of para-hydroxylation sites is 1. The number of fused-ring (bicyclic) bond motifs is 1. The van der Waals surface area contributed by atoms with Crippen molar-refractivity contribution >= 4 is 11.7 Å². The van der Waals surface area contributed by atoms with Gasteiger partial charge in [0.15, 0.2) is 0 Å². The number of hydrogen-bond donors (Lipinski definition) is 1. The van der Waals surface area contributed by atoms with Crippen LogP contribution in [0.15, 0.2) is 24.3 Å². The van der Waals surface area contributed by atoms with E-state index in [9.17, 15) is 4.79 Å². The molecule has 0 aromatic heterocycles. The fourth-order valence-corrected chi connectivity index (χ4v) is 2.09. The number of unbranched alkanes of at least 4 members (excludes halogenated alkanes) is 1. The van der Waals surface area contributed by atoms with Crippen molar-refractivity contribution in [1.82, 2.24) is 0 Å². The number of anilines is 1. The summed E-state index contributed by atoms with van der Waals surface area (Å²) in [5.41, 5.74) is 2.20. The van der Waals surface area contributed by atoms with Crippen molar-refractivity contribution in [3.05, 3.63) is 29.8 Å². The van der Waals surface area contributed by atoms with Crippen molar-refractivity contribution < 1.29 is 14.3 Å². The standard InChI is InChI=1S/C15H21NO3/c1-2-3-8-18-9-10-19-15(17)14-11-12-6-4-5-7-13(12)16-14/h4-7,14,16H,2-3,8-11H2,1H3. The first-order valence-corrected chi connectivity index (χ1v) is 6.90. The molecule has 1 aliphatic heterocycles. The molecule has 1 N–H and O–H groups in total. The molecule has 0 fully saturated rings. The minimum atomic E-state index is -0.256. The van der Waals surface area contributed by atoms with Crippen molar-refractivity contribution in [2.45, 2.75) is 32.2 Å². The molecule has 1 unspecified atom stereocenters. The Morgan fingerprint density at radius 1 is 1.32 bits per heavy atom. The first kappa shape index (κ1) is 13.9. The van der Waals surface area contributed by atoms with Crippen LogP contribution in [0.2, 0.25) is 0 Å². The lowest BCUT2D eigenvalue weighted by molar-refractivity contribution is -0.146. The largest absolute Gasteiger partial charge is 0.462 e. The van der Waals surface area contributed by atoms with Crippen LogP contribution < -0.4 is 5.32 Å². The van der Waals surface area contributed by atoms with Gasteiger partial charge in [-0.25, -0.2) is 4.79 Å². The van der Waals surface area contributed by atoms with Gasteiger partial charge in [0.2, 0.25) is 0 Å². The lowest BCUT2D eigenvalue weighted by Crippen LogP contribution is -2.30. The highest BCUT2D eigenvalue weighted by molar-refractivity contribution is 5.82. The number of esters is 1. The summed E-state index contributed by atoms with van der Waals surface area (Å²) in [5.74, 6) is -0.199. The van der Waals surface area contributed by atoms with Crippen LogP contribution in [-0.4, -0.2) is 31.8 Å². The Bertz CT molecular complexity index is 395. The fraction of sp³-hybridized carbons (Fsp3) is 0.533. The molecule has 1 aromatic carbocycles. The van der Waals surface area contributed by atoms with Crippen LogP contribution in [0.5, 0.6) is 0 Å². The number of rotatable bonds is 7. The number of ether oxygens (including phenoxy) is 2. The molecule has 0 radical (unpaired) electrons. The molecule has 1 aromatic rings. The molecule has 1 heterocycles. The average molecular weight is 263 g/mol. The summed E-state index contributed by atoms with van der Waals surface area (Å²) in [7, 11) is 0. The third-order valence-corrected chi connectivity index (χ3v) is 3.17. The van der Waals surface area contributed by atoms with Crippen LogP contribution in [-0.2, 0) is 20.7 Å². The van der Waals surface area contributed by atoms with Crippen LogP contribution in [0.4, 0.5) is 5.69 Å². The zero-order valence-corrected chi connectivity index (χ0v) is 11.4. The lowest BCUT2D eigenvalue weighted by atomic mass is 10.1. The first-order valence-electron chi connectivity index (χ1n) is 6.90. The zero-order chi connectivity index (χ0) is 13.5. The number of benzene rings is 1. The van der Waals surface area contributed by atoms with Crippen LogP contribution >= 0.6 is 0 Å². The van der Waals surface area contributed by atoms with Crippen molar-refractivity contribution in [3.63, 3.8) is 0 Å². The molecule has 2 rings (SSSR count). The van der Waals surface area contributed by atoms with Crippen molar-refractivity contribution in [2.24, 2.45) is 0 Å². The molecule has 0 spiro atoms. The minimum absolute atomic E-state index is 0.199. The summed E-state index contributed by atoms with van der Waals surface area (Å²) < 4.78 is 10.6. The molecule has 0 aliphatic carbocycles. The first-order chi connectivity index (χ1) is 9.31. The Balaban J connectivity index is 1.66. The smallest absolute Gasteiger partial charge is 0.328 e. The molecule has 4 nitrogen and oxygen atoms in total. The van der Waals surface area contributed by atoms with E-state index in [2.05, 4.69) is 12.2 Å². The van der Waals surface area contributed by atoms with E-state index < -0.39 is 0 Å². The highest BCUT2D eigenvalue weighted by Crippen LogP contribution is 2.25. The highest BCUT2D eigenvalue weighted by Gasteiger charge is 2.27. The van der Waals surface area contributed by atoms with Gasteiger partial charge in [-0.2, -0.15) is 0 Å². The molecular weight excluding hydrogens is 242 g/mol. The summed E-state index contributed by atoms with van der Waals surface area (Å²) in [6, 6.07) is 7.70. The summed E-state index contributed by atoms with van der Waals surface area (Å²) in [6.07, 6.45) is 2.86. The van der Waals surface area contributed by atoms with Gasteiger partial charge in [-0.1, -0.05) is 31.5 Å². The van der Waals surface area contributed by atoms with Crippen LogP contribution in [0.3, 0.4) is 0 Å². The van der Waals surface area contributed by atoms with Gasteiger partial charge in [-0.15, -0.1) is 0 Å². The molecule has 0 saturated carbocycles. The molecule has 1 atom stereocenters. The van der Waals surface area contributed by atoms with Gasteiger partial charge in [0.05, 0.1) is 6.61 Å². The summed E-state index contributed by atoms with van der Waals surface area (Å²) in [5, 5.41) is 3.18. The Morgan fingerprint density at radius 2 is 2.16 bits per heavy atom. The Kier molecular flexibility index (Phi) is 5.21. The van der Waals surface area contributed by atoms with Gasteiger partial charge >= 0.3 is 5.97 Å². The van der Waals surface area contributed by atoms with E-state index in [1.54, 1.807) is 0 Å². The molecule has 4 heteroatoms. The Morgan fingerprint density at radius 3 is 2.95 bits per heavy atom. The lowest BCUT2D eigenvalue weighted by Gasteiger charge is -2.11. The van der Waals surface area contributed by atoms with E-state index in [-0.39, 0.29) is 12.0 Å². The predicted octanol–water partition coefficient (Wildman–Crippen LogP) is 2.38. The molecule has 1 aliphatic rings. The zero-order valence-electron chi connectivity index (χ0n) is 11.4. The van der Waals surface area contributed by atoms with Crippen LogP contribution in [0, 0.1) is 0 Å². The number of carbonyl (C=O) groups is 1. The second-order valence-electron chi connectivity index (χ2n) is 4.69. The number of carbonyl (C=O) groups excluding carboxylic acids is 1. The van der Waals surface area contributed by atoms with Crippen molar-refractivity contribution in [2.75, 3.05) is 25.1 Å². The average Bonchev–Trinajstić information content (AvgIpc) is 2.86. The molecule has 19 heavy (non-hydrogen) atoms. The molecule has 104 valence electrons. The third kappa shape index (κ3) is 3.96. The highest BCUT2D eigenvalue weighted by atomic mass is 16.6. The monoisotopic (exact) mass is 263 g/mol. The quantitative estimate of drug-likeness (QED) is 0.606. The van der Waals surface area contributed by atoms with E-state index in [1.807, 2.05) is 24.3 Å². The Hall–Kier alpha value is -1.55. The number of hydrogen-bond acceptors (Lipinski definition) is 4. The Labute approximate surface area is 114 Å². The van der Waals surface area contributed by atoms with Crippen LogP contribution in [0.1, 0.15) is 25.3 Å². The van der Waals surface area contributed by atoms with Gasteiger partial charge in [0.1, 0.15) is 12.6 Å². The maximum absolute atomic E-state index is 11.9. The normalized spacial score (nSPS) is 16.8. The van der Waals surface area contributed by atoms with Gasteiger partial charge in [0, 0.05) is 18.7 Å². The van der Waals surface area contributed by atoms with E-state index >= 15 is 0 Å². The topological polar surface area (TPSA) is 47.6 Å². The molecule has 0 amide bonds. The third-order valence-electron chi connectivity index (χ3n) is 3.17. The van der Waals surface area contributed by atoms with E-state index in [1.165, 1.54) is 5.56 Å². The van der Waals surface area contributed by atoms with E-state index in [0.29, 0.717) is 19.6 Å². The minimum Gasteiger partial charge on any atom is -0.462 e.